The molecule has 15 heavy (non-hydrogen) atoms. The zero-order valence-corrected chi connectivity index (χ0v) is 10.1. The quantitative estimate of drug-likeness (QED) is 0.687. The molecule has 0 amide bonds. The summed E-state index contributed by atoms with van der Waals surface area (Å²) < 4.78 is 30.5. The molecule has 0 bridgehead atoms. The van der Waals surface area contributed by atoms with Crippen LogP contribution >= 0.6 is 0 Å². The van der Waals surface area contributed by atoms with Crippen LogP contribution in [0.2, 0.25) is 0 Å². The average molecular weight is 236 g/mol. The summed E-state index contributed by atoms with van der Waals surface area (Å²) in [4.78, 5) is 0. The van der Waals surface area contributed by atoms with Crippen molar-refractivity contribution < 1.29 is 13.2 Å². The number of ether oxygens (including phenoxy) is 1. The van der Waals surface area contributed by atoms with Gasteiger partial charge in [-0.25, -0.2) is 13.1 Å². The van der Waals surface area contributed by atoms with E-state index >= 15 is 0 Å². The van der Waals surface area contributed by atoms with E-state index in [4.69, 9.17) is 4.74 Å². The molecule has 6 heteroatoms. The van der Waals surface area contributed by atoms with E-state index in [2.05, 4.69) is 17.0 Å². The minimum atomic E-state index is -3.18. The van der Waals surface area contributed by atoms with Crippen LogP contribution in [0.5, 0.6) is 0 Å². The molecule has 1 heterocycles. The third-order valence-corrected chi connectivity index (χ3v) is 3.96. The number of rotatable bonds is 5. The number of hydrogen-bond acceptors (Lipinski definition) is 4. The molecule has 5 nitrogen and oxygen atoms in total. The Morgan fingerprint density at radius 3 is 2.73 bits per heavy atom. The predicted octanol–water partition coefficient (Wildman–Crippen LogP) is -0.307. The van der Waals surface area contributed by atoms with E-state index in [0.29, 0.717) is 12.6 Å². The van der Waals surface area contributed by atoms with E-state index < -0.39 is 10.0 Å². The molecule has 0 spiro atoms. The van der Waals surface area contributed by atoms with Crippen LogP contribution in [0.1, 0.15) is 19.8 Å². The van der Waals surface area contributed by atoms with Crippen LogP contribution in [0.3, 0.4) is 0 Å². The molecule has 1 rings (SSSR count). The van der Waals surface area contributed by atoms with Crippen molar-refractivity contribution in [2.45, 2.75) is 31.8 Å². The van der Waals surface area contributed by atoms with Gasteiger partial charge in [0.25, 0.3) is 0 Å². The molecule has 1 aliphatic rings. The lowest BCUT2D eigenvalue weighted by molar-refractivity contribution is 0.216. The smallest absolute Gasteiger partial charge is 0.214 e. The van der Waals surface area contributed by atoms with Gasteiger partial charge in [-0.2, -0.15) is 0 Å². The molecule has 1 saturated heterocycles. The maximum atomic E-state index is 11.5. The van der Waals surface area contributed by atoms with E-state index in [-0.39, 0.29) is 18.4 Å². The minimum Gasteiger partial charge on any atom is -0.384 e. The van der Waals surface area contributed by atoms with Crippen molar-refractivity contribution in [3.8, 4) is 0 Å². The fraction of sp³-hybridized carbons (Fsp3) is 1.00. The summed E-state index contributed by atoms with van der Waals surface area (Å²) in [6.45, 7) is 3.06. The van der Waals surface area contributed by atoms with Crippen molar-refractivity contribution in [2.24, 2.45) is 0 Å². The van der Waals surface area contributed by atoms with Crippen molar-refractivity contribution in [1.82, 2.24) is 10.0 Å². The number of nitrogens with one attached hydrogen (secondary N) is 2. The highest BCUT2D eigenvalue weighted by Crippen LogP contribution is 2.08. The SMILES string of the molecule is COCCS(=O)(=O)NC1CCC(C)NC1. The second-order valence-electron chi connectivity index (χ2n) is 4.01. The Balaban J connectivity index is 2.34. The van der Waals surface area contributed by atoms with E-state index in [1.807, 2.05) is 0 Å². The third-order valence-electron chi connectivity index (χ3n) is 2.56. The first-order valence-electron chi connectivity index (χ1n) is 5.26. The van der Waals surface area contributed by atoms with E-state index in [9.17, 15) is 8.42 Å². The summed E-state index contributed by atoms with van der Waals surface area (Å²) >= 11 is 0. The summed E-state index contributed by atoms with van der Waals surface area (Å²) in [5.41, 5.74) is 0. The predicted molar refractivity (Wildman–Crippen MR) is 59.3 cm³/mol. The number of piperidine rings is 1. The van der Waals surface area contributed by atoms with Crippen LogP contribution in [-0.4, -0.2) is 46.5 Å². The van der Waals surface area contributed by atoms with Crippen LogP contribution < -0.4 is 10.0 Å². The van der Waals surface area contributed by atoms with E-state index in [0.717, 1.165) is 12.8 Å². The Morgan fingerprint density at radius 2 is 2.20 bits per heavy atom. The van der Waals surface area contributed by atoms with Crippen molar-refractivity contribution >= 4 is 10.0 Å². The highest BCUT2D eigenvalue weighted by molar-refractivity contribution is 7.89. The minimum absolute atomic E-state index is 0.0306. The molecule has 1 aliphatic heterocycles. The average Bonchev–Trinajstić information content (AvgIpc) is 2.18. The Kier molecular flexibility index (Phi) is 4.98. The largest absolute Gasteiger partial charge is 0.384 e. The van der Waals surface area contributed by atoms with Gasteiger partial charge in [0.05, 0.1) is 12.4 Å². The Bertz CT molecular complexity index is 271. The summed E-state index contributed by atoms with van der Waals surface area (Å²) in [5.74, 6) is 0.0373. The Labute approximate surface area is 91.6 Å². The van der Waals surface area contributed by atoms with Gasteiger partial charge in [0.1, 0.15) is 0 Å². The van der Waals surface area contributed by atoms with Gasteiger partial charge in [-0.05, 0) is 19.8 Å². The molecular weight excluding hydrogens is 216 g/mol. The molecular formula is C9H20N2O3S. The van der Waals surface area contributed by atoms with Gasteiger partial charge in [-0.3, -0.25) is 0 Å². The zero-order valence-electron chi connectivity index (χ0n) is 9.32. The molecule has 0 aromatic carbocycles. The number of methoxy groups -OCH3 is 1. The fourth-order valence-corrected chi connectivity index (χ4v) is 2.82. The fourth-order valence-electron chi connectivity index (χ4n) is 1.61. The maximum absolute atomic E-state index is 11.5. The van der Waals surface area contributed by atoms with Crippen LogP contribution in [0, 0.1) is 0 Å². The summed E-state index contributed by atoms with van der Waals surface area (Å²) in [5, 5.41) is 3.25. The van der Waals surface area contributed by atoms with Gasteiger partial charge in [-0.15, -0.1) is 0 Å². The van der Waals surface area contributed by atoms with Gasteiger partial charge >= 0.3 is 0 Å². The third kappa shape index (κ3) is 4.92. The lowest BCUT2D eigenvalue weighted by atomic mass is 10.0. The number of hydrogen-bond donors (Lipinski definition) is 2. The van der Waals surface area contributed by atoms with Gasteiger partial charge in [0, 0.05) is 25.7 Å². The lowest BCUT2D eigenvalue weighted by Gasteiger charge is -2.28. The Hall–Kier alpha value is -0.170. The highest BCUT2D eigenvalue weighted by Gasteiger charge is 2.21. The zero-order chi connectivity index (χ0) is 11.3. The second kappa shape index (κ2) is 5.79. The van der Waals surface area contributed by atoms with E-state index in [1.54, 1.807) is 0 Å². The molecule has 0 aliphatic carbocycles. The first kappa shape index (κ1) is 12.9. The topological polar surface area (TPSA) is 67.4 Å². The van der Waals surface area contributed by atoms with Gasteiger partial charge in [0.15, 0.2) is 0 Å². The van der Waals surface area contributed by atoms with Gasteiger partial charge < -0.3 is 10.1 Å². The van der Waals surface area contributed by atoms with E-state index in [1.165, 1.54) is 7.11 Å². The van der Waals surface area contributed by atoms with Gasteiger partial charge in [0.2, 0.25) is 10.0 Å². The standard InChI is InChI=1S/C9H20N2O3S/c1-8-3-4-9(7-10-8)11-15(12,13)6-5-14-2/h8-11H,3-7H2,1-2H3. The first-order valence-corrected chi connectivity index (χ1v) is 6.91. The van der Waals surface area contributed by atoms with Crippen molar-refractivity contribution in [3.05, 3.63) is 0 Å². The van der Waals surface area contributed by atoms with Gasteiger partial charge in [-0.1, -0.05) is 0 Å². The highest BCUT2D eigenvalue weighted by atomic mass is 32.2. The Morgan fingerprint density at radius 1 is 1.47 bits per heavy atom. The molecule has 0 radical (unpaired) electrons. The monoisotopic (exact) mass is 236 g/mol. The number of sulfonamides is 1. The molecule has 2 atom stereocenters. The molecule has 0 aromatic heterocycles. The molecule has 90 valence electrons. The van der Waals surface area contributed by atoms with Crippen molar-refractivity contribution in [3.63, 3.8) is 0 Å². The van der Waals surface area contributed by atoms with Crippen LogP contribution in [0.15, 0.2) is 0 Å². The summed E-state index contributed by atoms with van der Waals surface area (Å²) in [6.07, 6.45) is 1.91. The van der Waals surface area contributed by atoms with Crippen LogP contribution in [0.4, 0.5) is 0 Å². The maximum Gasteiger partial charge on any atom is 0.214 e. The first-order chi connectivity index (χ1) is 7.03. The molecule has 0 aromatic rings. The molecule has 2 unspecified atom stereocenters. The second-order valence-corrected chi connectivity index (χ2v) is 5.89. The van der Waals surface area contributed by atoms with Crippen molar-refractivity contribution in [2.75, 3.05) is 26.0 Å². The normalized spacial score (nSPS) is 27.9. The lowest BCUT2D eigenvalue weighted by Crippen LogP contribution is -2.49. The summed E-state index contributed by atoms with van der Waals surface area (Å²) in [7, 11) is -1.68. The van der Waals surface area contributed by atoms with Crippen LogP contribution in [0.25, 0.3) is 0 Å². The molecule has 0 saturated carbocycles. The molecule has 1 fully saturated rings. The molecule has 2 N–H and O–H groups in total. The van der Waals surface area contributed by atoms with Crippen molar-refractivity contribution in [1.29, 1.82) is 0 Å². The summed E-state index contributed by atoms with van der Waals surface area (Å²) in [6, 6.07) is 0.521. The van der Waals surface area contributed by atoms with Crippen LogP contribution in [-0.2, 0) is 14.8 Å².